The van der Waals surface area contributed by atoms with Gasteiger partial charge < -0.3 is 10.8 Å². The zero-order chi connectivity index (χ0) is 8.15. The van der Waals surface area contributed by atoms with E-state index in [-0.39, 0.29) is 10.9 Å². The van der Waals surface area contributed by atoms with Crippen molar-refractivity contribution in [1.29, 1.82) is 0 Å². The fourth-order valence-electron chi connectivity index (χ4n) is 0.347. The number of carbonyl (C=O) groups excluding carboxylic acids is 1. The number of hydrogen-bond donors (Lipinski definition) is 3. The van der Waals surface area contributed by atoms with Crippen LogP contribution in [0.15, 0.2) is 11.8 Å². The molecular weight excluding hydrogens is 152 g/mol. The van der Waals surface area contributed by atoms with Crippen molar-refractivity contribution in [2.75, 3.05) is 0 Å². The van der Waals surface area contributed by atoms with Gasteiger partial charge in [0.15, 0.2) is 5.11 Å². The first-order valence-electron chi connectivity index (χ1n) is 2.50. The van der Waals surface area contributed by atoms with Crippen LogP contribution in [-0.4, -0.2) is 16.1 Å². The minimum Gasteiger partial charge on any atom is -0.512 e. The van der Waals surface area contributed by atoms with Crippen LogP contribution in [-0.2, 0) is 4.79 Å². The summed E-state index contributed by atoms with van der Waals surface area (Å²) in [6.45, 7) is 1.37. The van der Waals surface area contributed by atoms with Gasteiger partial charge in [-0.1, -0.05) is 0 Å². The molecule has 0 bridgehead atoms. The molecule has 4 N–H and O–H groups in total. The molecule has 1 amide bonds. The van der Waals surface area contributed by atoms with Gasteiger partial charge in [0.1, 0.15) is 0 Å². The van der Waals surface area contributed by atoms with E-state index in [1.54, 1.807) is 0 Å². The van der Waals surface area contributed by atoms with Gasteiger partial charge in [-0.2, -0.15) is 0 Å². The first-order valence-corrected chi connectivity index (χ1v) is 2.91. The number of carbonyl (C=O) groups is 1. The molecule has 10 heavy (non-hydrogen) atoms. The fraction of sp³-hybridized carbons (Fsp3) is 0.200. The molecule has 0 aliphatic heterocycles. The number of amides is 1. The van der Waals surface area contributed by atoms with E-state index >= 15 is 0 Å². The summed E-state index contributed by atoms with van der Waals surface area (Å²) in [5.74, 6) is -0.610. The van der Waals surface area contributed by atoms with Crippen molar-refractivity contribution in [3.8, 4) is 0 Å². The third-order valence-corrected chi connectivity index (χ3v) is 0.688. The number of nitrogens with one attached hydrogen (secondary N) is 1. The first-order chi connectivity index (χ1) is 4.52. The largest absolute Gasteiger partial charge is 0.512 e. The third-order valence-electron chi connectivity index (χ3n) is 0.586. The highest BCUT2D eigenvalue weighted by atomic mass is 32.1. The van der Waals surface area contributed by atoms with Crippen LogP contribution in [0, 0.1) is 0 Å². The Hall–Kier alpha value is -1.10. The van der Waals surface area contributed by atoms with Crippen molar-refractivity contribution < 1.29 is 9.90 Å². The topological polar surface area (TPSA) is 75.3 Å². The van der Waals surface area contributed by atoms with Crippen molar-refractivity contribution in [2.24, 2.45) is 5.73 Å². The minimum absolute atomic E-state index is 0.0891. The lowest BCUT2D eigenvalue weighted by atomic mass is 10.4. The van der Waals surface area contributed by atoms with Crippen molar-refractivity contribution in [1.82, 2.24) is 5.32 Å². The van der Waals surface area contributed by atoms with Gasteiger partial charge in [-0.25, -0.2) is 0 Å². The monoisotopic (exact) mass is 160 g/mol. The number of hydrogen-bond acceptors (Lipinski definition) is 3. The standard InChI is InChI=1S/C5H8N2O2S/c1-3(8)2-4(9)7-5(6)10/h2,8H,1H3,(H3,6,7,9,10)/b3-2+. The predicted molar refractivity (Wildman–Crippen MR) is 41.3 cm³/mol. The second kappa shape index (κ2) is 3.84. The Balaban J connectivity index is 3.88. The zero-order valence-electron chi connectivity index (χ0n) is 5.42. The lowest BCUT2D eigenvalue weighted by Gasteiger charge is -1.95. The van der Waals surface area contributed by atoms with Gasteiger partial charge in [0.2, 0.25) is 0 Å². The quantitative estimate of drug-likeness (QED) is 0.282. The number of aliphatic hydroxyl groups excluding tert-OH is 1. The summed E-state index contributed by atoms with van der Waals surface area (Å²) >= 11 is 4.36. The molecule has 0 atom stereocenters. The number of rotatable bonds is 1. The summed E-state index contributed by atoms with van der Waals surface area (Å²) in [5.41, 5.74) is 4.96. The highest BCUT2D eigenvalue weighted by Gasteiger charge is 1.96. The van der Waals surface area contributed by atoms with Gasteiger partial charge >= 0.3 is 0 Å². The highest BCUT2D eigenvalue weighted by molar-refractivity contribution is 7.80. The van der Waals surface area contributed by atoms with E-state index in [0.29, 0.717) is 0 Å². The fourth-order valence-corrected chi connectivity index (χ4v) is 0.448. The molecule has 0 fully saturated rings. The van der Waals surface area contributed by atoms with Crippen molar-refractivity contribution in [2.45, 2.75) is 6.92 Å². The first kappa shape index (κ1) is 8.90. The summed E-state index contributed by atoms with van der Waals surface area (Å²) in [4.78, 5) is 10.5. The smallest absolute Gasteiger partial charge is 0.253 e. The van der Waals surface area contributed by atoms with E-state index in [4.69, 9.17) is 10.8 Å². The molecule has 4 nitrogen and oxygen atoms in total. The maximum atomic E-state index is 10.5. The Kier molecular flexibility index (Phi) is 3.42. The van der Waals surface area contributed by atoms with Gasteiger partial charge in [-0.3, -0.25) is 10.1 Å². The van der Waals surface area contributed by atoms with E-state index in [9.17, 15) is 4.79 Å². The summed E-state index contributed by atoms with van der Waals surface area (Å²) in [6.07, 6.45) is 0.985. The molecule has 0 aromatic heterocycles. The Morgan fingerprint density at radius 2 is 2.30 bits per heavy atom. The van der Waals surface area contributed by atoms with Gasteiger partial charge in [0, 0.05) is 6.08 Å². The van der Waals surface area contributed by atoms with Crippen LogP contribution in [0.5, 0.6) is 0 Å². The Morgan fingerprint density at radius 3 is 2.60 bits per heavy atom. The maximum Gasteiger partial charge on any atom is 0.253 e. The molecule has 0 rings (SSSR count). The molecule has 0 saturated heterocycles. The summed E-state index contributed by atoms with van der Waals surface area (Å²) in [7, 11) is 0. The molecule has 0 aromatic carbocycles. The van der Waals surface area contributed by atoms with Gasteiger partial charge in [-0.05, 0) is 19.1 Å². The van der Waals surface area contributed by atoms with E-state index in [1.165, 1.54) is 6.92 Å². The minimum atomic E-state index is -0.521. The van der Waals surface area contributed by atoms with Crippen LogP contribution in [0.2, 0.25) is 0 Å². The second-order valence-electron chi connectivity index (χ2n) is 1.64. The Morgan fingerprint density at radius 1 is 1.80 bits per heavy atom. The van der Waals surface area contributed by atoms with Gasteiger partial charge in [0.05, 0.1) is 5.76 Å². The molecule has 0 aliphatic carbocycles. The molecule has 56 valence electrons. The van der Waals surface area contributed by atoms with Crippen LogP contribution in [0.3, 0.4) is 0 Å². The number of thiocarbonyl (C=S) groups is 1. The van der Waals surface area contributed by atoms with E-state index < -0.39 is 5.91 Å². The van der Waals surface area contributed by atoms with Crippen LogP contribution in [0.25, 0.3) is 0 Å². The maximum absolute atomic E-state index is 10.5. The van der Waals surface area contributed by atoms with E-state index in [0.717, 1.165) is 6.08 Å². The van der Waals surface area contributed by atoms with Crippen molar-refractivity contribution in [3.05, 3.63) is 11.8 Å². The zero-order valence-corrected chi connectivity index (χ0v) is 6.23. The number of allylic oxidation sites excluding steroid dienone is 1. The lowest BCUT2D eigenvalue weighted by Crippen LogP contribution is -2.33. The number of nitrogens with two attached hydrogens (primary N) is 1. The van der Waals surface area contributed by atoms with Gasteiger partial charge in [0.25, 0.3) is 5.91 Å². The van der Waals surface area contributed by atoms with Crippen molar-refractivity contribution in [3.63, 3.8) is 0 Å². The lowest BCUT2D eigenvalue weighted by molar-refractivity contribution is -0.115. The van der Waals surface area contributed by atoms with Crippen LogP contribution in [0.4, 0.5) is 0 Å². The molecule has 0 radical (unpaired) electrons. The molecule has 0 unspecified atom stereocenters. The third kappa shape index (κ3) is 5.04. The van der Waals surface area contributed by atoms with Crippen LogP contribution >= 0.6 is 12.2 Å². The summed E-state index contributed by atoms with van der Waals surface area (Å²) < 4.78 is 0. The normalized spacial score (nSPS) is 10.7. The highest BCUT2D eigenvalue weighted by Crippen LogP contribution is 1.81. The second-order valence-corrected chi connectivity index (χ2v) is 2.08. The SMILES string of the molecule is C/C(O)=C\C(=O)NC(N)=S. The van der Waals surface area contributed by atoms with E-state index in [2.05, 4.69) is 17.5 Å². The molecule has 0 aromatic rings. The predicted octanol–water partition coefficient (Wildman–Crippen LogP) is -0.192. The van der Waals surface area contributed by atoms with Crippen LogP contribution < -0.4 is 11.1 Å². The molecular formula is C5H8N2O2S. The summed E-state index contributed by atoms with van der Waals surface area (Å²) in [6, 6.07) is 0. The average Bonchev–Trinajstić information content (AvgIpc) is 1.58. The molecule has 5 heteroatoms. The molecule has 0 aliphatic rings. The van der Waals surface area contributed by atoms with E-state index in [1.807, 2.05) is 0 Å². The number of aliphatic hydroxyl groups is 1. The van der Waals surface area contributed by atoms with Gasteiger partial charge in [-0.15, -0.1) is 0 Å². The Labute approximate surface area is 63.7 Å². The summed E-state index contributed by atoms with van der Waals surface area (Å²) in [5, 5.41) is 10.6. The van der Waals surface area contributed by atoms with Crippen LogP contribution in [0.1, 0.15) is 6.92 Å². The Bertz CT molecular complexity index is 184. The average molecular weight is 160 g/mol. The molecule has 0 saturated carbocycles. The molecule has 0 spiro atoms. The van der Waals surface area contributed by atoms with Crippen molar-refractivity contribution >= 4 is 23.2 Å². The molecule has 0 heterocycles.